The molecule has 1 heterocycles. The van der Waals surface area contributed by atoms with Crippen molar-refractivity contribution < 1.29 is 8.78 Å². The molecule has 116 valence electrons. The zero-order chi connectivity index (χ0) is 14.7. The molecule has 0 radical (unpaired) electrons. The quantitative estimate of drug-likeness (QED) is 0.894. The molecule has 0 bridgehead atoms. The molecule has 1 atom stereocenters. The van der Waals surface area contributed by atoms with Crippen LogP contribution in [0.4, 0.5) is 14.5 Å². The summed E-state index contributed by atoms with van der Waals surface area (Å²) in [5, 5.41) is 3.60. The highest BCUT2D eigenvalue weighted by Gasteiger charge is 2.28. The molecule has 2 fully saturated rings. The lowest BCUT2D eigenvalue weighted by Gasteiger charge is -2.33. The number of hydrogen-bond acceptors (Lipinski definition) is 2. The average Bonchev–Trinajstić information content (AvgIpc) is 2.74. The minimum Gasteiger partial charge on any atom is -0.365 e. The van der Waals surface area contributed by atoms with E-state index >= 15 is 0 Å². The van der Waals surface area contributed by atoms with Crippen molar-refractivity contribution in [3.63, 3.8) is 0 Å². The van der Waals surface area contributed by atoms with Gasteiger partial charge in [0.05, 0.1) is 0 Å². The van der Waals surface area contributed by atoms with Crippen LogP contribution in [0.5, 0.6) is 0 Å². The van der Waals surface area contributed by atoms with E-state index in [1.165, 1.54) is 50.3 Å². The second-order valence-corrected chi connectivity index (χ2v) is 6.33. The summed E-state index contributed by atoms with van der Waals surface area (Å²) in [6.45, 7) is 2.37. The van der Waals surface area contributed by atoms with Crippen LogP contribution in [0.2, 0.25) is 0 Å². The molecular formula is C17H24F2N2. The van der Waals surface area contributed by atoms with E-state index < -0.39 is 11.6 Å². The number of benzene rings is 1. The minimum absolute atomic E-state index is 0.155. The fraction of sp³-hybridized carbons (Fsp3) is 0.647. The van der Waals surface area contributed by atoms with Crippen LogP contribution in [0.15, 0.2) is 18.2 Å². The van der Waals surface area contributed by atoms with E-state index in [1.807, 2.05) is 4.90 Å². The van der Waals surface area contributed by atoms with Gasteiger partial charge < -0.3 is 10.2 Å². The van der Waals surface area contributed by atoms with Crippen molar-refractivity contribution in [2.24, 2.45) is 5.92 Å². The number of rotatable bonds is 2. The molecule has 1 aliphatic heterocycles. The van der Waals surface area contributed by atoms with Gasteiger partial charge in [0, 0.05) is 19.1 Å². The standard InChI is InChI=1S/C17H24F2N2/c18-14-8-4-9-15(19)17(14)21-11-5-10-20-16(12-21)13-6-2-1-3-7-13/h4,8-9,13,16,20H,1-3,5-7,10-12H2. The monoisotopic (exact) mass is 294 g/mol. The first-order valence-corrected chi connectivity index (χ1v) is 8.18. The largest absolute Gasteiger partial charge is 0.365 e. The molecule has 1 N–H and O–H groups in total. The maximum atomic E-state index is 14.0. The molecule has 1 aliphatic carbocycles. The first kappa shape index (κ1) is 14.8. The summed E-state index contributed by atoms with van der Waals surface area (Å²) in [7, 11) is 0. The Balaban J connectivity index is 1.78. The molecule has 2 nitrogen and oxygen atoms in total. The Labute approximate surface area is 125 Å². The Morgan fingerprint density at radius 1 is 1.00 bits per heavy atom. The lowest BCUT2D eigenvalue weighted by Crippen LogP contribution is -2.44. The SMILES string of the molecule is Fc1cccc(F)c1N1CCCNC(C2CCCCC2)C1. The van der Waals surface area contributed by atoms with Crippen LogP contribution in [-0.2, 0) is 0 Å². The van der Waals surface area contributed by atoms with Crippen LogP contribution < -0.4 is 10.2 Å². The Kier molecular flexibility index (Phi) is 4.73. The number of nitrogens with one attached hydrogen (secondary N) is 1. The zero-order valence-electron chi connectivity index (χ0n) is 12.5. The second kappa shape index (κ2) is 6.73. The summed E-state index contributed by atoms with van der Waals surface area (Å²) in [6, 6.07) is 4.49. The molecule has 0 amide bonds. The highest BCUT2D eigenvalue weighted by atomic mass is 19.1. The summed E-state index contributed by atoms with van der Waals surface area (Å²) >= 11 is 0. The van der Waals surface area contributed by atoms with E-state index in [4.69, 9.17) is 0 Å². The van der Waals surface area contributed by atoms with Crippen LogP contribution in [-0.4, -0.2) is 25.7 Å². The van der Waals surface area contributed by atoms with Crippen molar-refractivity contribution in [3.8, 4) is 0 Å². The van der Waals surface area contributed by atoms with Crippen molar-refractivity contribution >= 4 is 5.69 Å². The lowest BCUT2D eigenvalue weighted by molar-refractivity contribution is 0.277. The predicted octanol–water partition coefficient (Wildman–Crippen LogP) is 3.71. The molecule has 1 unspecified atom stereocenters. The van der Waals surface area contributed by atoms with Gasteiger partial charge in [0.25, 0.3) is 0 Å². The molecule has 0 aromatic heterocycles. The maximum Gasteiger partial charge on any atom is 0.149 e. The molecule has 3 rings (SSSR count). The zero-order valence-corrected chi connectivity index (χ0v) is 12.5. The fourth-order valence-corrected chi connectivity index (χ4v) is 3.80. The van der Waals surface area contributed by atoms with Crippen LogP contribution in [0.1, 0.15) is 38.5 Å². The Morgan fingerprint density at radius 3 is 2.43 bits per heavy atom. The van der Waals surface area contributed by atoms with Gasteiger partial charge in [-0.05, 0) is 43.9 Å². The van der Waals surface area contributed by atoms with Gasteiger partial charge in [-0.15, -0.1) is 0 Å². The summed E-state index contributed by atoms with van der Waals surface area (Å²) in [5.74, 6) is -0.243. The molecule has 1 saturated heterocycles. The van der Waals surface area contributed by atoms with Gasteiger partial charge in [-0.3, -0.25) is 0 Å². The van der Waals surface area contributed by atoms with Gasteiger partial charge in [0.2, 0.25) is 0 Å². The summed E-state index contributed by atoms with van der Waals surface area (Å²) in [6.07, 6.45) is 7.32. The Hall–Kier alpha value is -1.16. The van der Waals surface area contributed by atoms with Gasteiger partial charge in [0.1, 0.15) is 17.3 Å². The molecular weight excluding hydrogens is 270 g/mol. The topological polar surface area (TPSA) is 15.3 Å². The highest BCUT2D eigenvalue weighted by Crippen LogP contribution is 2.30. The lowest BCUT2D eigenvalue weighted by atomic mass is 9.83. The second-order valence-electron chi connectivity index (χ2n) is 6.33. The van der Waals surface area contributed by atoms with E-state index in [2.05, 4.69) is 5.32 Å². The number of anilines is 1. The first-order chi connectivity index (χ1) is 10.3. The highest BCUT2D eigenvalue weighted by molar-refractivity contribution is 5.49. The van der Waals surface area contributed by atoms with E-state index in [0.29, 0.717) is 25.0 Å². The number of hydrogen-bond donors (Lipinski definition) is 1. The van der Waals surface area contributed by atoms with Crippen molar-refractivity contribution in [3.05, 3.63) is 29.8 Å². The number of para-hydroxylation sites is 1. The smallest absolute Gasteiger partial charge is 0.149 e. The van der Waals surface area contributed by atoms with Crippen molar-refractivity contribution in [2.75, 3.05) is 24.5 Å². The van der Waals surface area contributed by atoms with Crippen LogP contribution in [0.3, 0.4) is 0 Å². The third-order valence-electron chi connectivity index (χ3n) is 4.90. The molecule has 2 aliphatic rings. The van der Waals surface area contributed by atoms with Gasteiger partial charge >= 0.3 is 0 Å². The number of halogens is 2. The van der Waals surface area contributed by atoms with Gasteiger partial charge in [-0.1, -0.05) is 25.3 Å². The maximum absolute atomic E-state index is 14.0. The Morgan fingerprint density at radius 2 is 1.71 bits per heavy atom. The molecule has 1 aromatic rings. The molecule has 1 saturated carbocycles. The molecule has 1 aromatic carbocycles. The van der Waals surface area contributed by atoms with Crippen LogP contribution >= 0.6 is 0 Å². The van der Waals surface area contributed by atoms with Crippen molar-refractivity contribution in [1.82, 2.24) is 5.32 Å². The van der Waals surface area contributed by atoms with E-state index in [-0.39, 0.29) is 5.69 Å². The first-order valence-electron chi connectivity index (χ1n) is 8.18. The van der Waals surface area contributed by atoms with Crippen molar-refractivity contribution in [1.29, 1.82) is 0 Å². The van der Waals surface area contributed by atoms with E-state index in [0.717, 1.165) is 13.0 Å². The molecule has 4 heteroatoms. The predicted molar refractivity (Wildman–Crippen MR) is 81.6 cm³/mol. The average molecular weight is 294 g/mol. The molecule has 0 spiro atoms. The summed E-state index contributed by atoms with van der Waals surface area (Å²) in [5.41, 5.74) is 0.155. The normalized spacial score (nSPS) is 24.9. The third kappa shape index (κ3) is 3.37. The van der Waals surface area contributed by atoms with Crippen molar-refractivity contribution in [2.45, 2.75) is 44.6 Å². The van der Waals surface area contributed by atoms with Gasteiger partial charge in [0.15, 0.2) is 0 Å². The summed E-state index contributed by atoms with van der Waals surface area (Å²) in [4.78, 5) is 1.91. The van der Waals surface area contributed by atoms with Gasteiger partial charge in [-0.2, -0.15) is 0 Å². The van der Waals surface area contributed by atoms with Crippen LogP contribution in [0.25, 0.3) is 0 Å². The molecule has 21 heavy (non-hydrogen) atoms. The number of nitrogens with zero attached hydrogens (tertiary/aromatic N) is 1. The van der Waals surface area contributed by atoms with Crippen LogP contribution in [0, 0.1) is 17.6 Å². The Bertz CT molecular complexity index is 452. The van der Waals surface area contributed by atoms with Gasteiger partial charge in [-0.25, -0.2) is 8.78 Å². The van der Waals surface area contributed by atoms with E-state index in [1.54, 1.807) is 0 Å². The van der Waals surface area contributed by atoms with E-state index in [9.17, 15) is 8.78 Å². The third-order valence-corrected chi connectivity index (χ3v) is 4.90. The fourth-order valence-electron chi connectivity index (χ4n) is 3.80. The summed E-state index contributed by atoms with van der Waals surface area (Å²) < 4.78 is 28.1. The minimum atomic E-state index is -0.445.